The van der Waals surface area contributed by atoms with E-state index in [9.17, 15) is 0 Å². The van der Waals surface area contributed by atoms with Crippen molar-refractivity contribution in [2.24, 2.45) is 0 Å². The zero-order valence-corrected chi connectivity index (χ0v) is 24.4. The maximum absolute atomic E-state index is 6.22. The van der Waals surface area contributed by atoms with E-state index in [4.69, 9.17) is 26.4 Å². The highest BCUT2D eigenvalue weighted by atomic mass is 35.5. The number of anilines is 1. The Morgan fingerprint density at radius 2 is 1.62 bits per heavy atom. The van der Waals surface area contributed by atoms with Crippen molar-refractivity contribution in [3.8, 4) is 16.9 Å². The van der Waals surface area contributed by atoms with E-state index < -0.39 is 0 Å². The van der Waals surface area contributed by atoms with Crippen molar-refractivity contribution < 1.29 is 4.74 Å². The molecule has 0 unspecified atom stereocenters. The summed E-state index contributed by atoms with van der Waals surface area (Å²) in [6.45, 7) is 14.1. The van der Waals surface area contributed by atoms with E-state index in [1.54, 1.807) is 0 Å². The van der Waals surface area contributed by atoms with Crippen LogP contribution in [0.15, 0.2) is 72.8 Å². The van der Waals surface area contributed by atoms with E-state index in [0.717, 1.165) is 77.5 Å². The lowest BCUT2D eigenvalue weighted by molar-refractivity contribution is 0.201. The first-order valence-electron chi connectivity index (χ1n) is 14.0. The first-order chi connectivity index (χ1) is 19.3. The van der Waals surface area contributed by atoms with Crippen molar-refractivity contribution in [3.63, 3.8) is 0 Å². The Morgan fingerprint density at radius 1 is 0.900 bits per heavy atom. The largest absolute Gasteiger partial charge is 0.492 e. The Hall–Kier alpha value is -3.61. The van der Waals surface area contributed by atoms with E-state index in [2.05, 4.69) is 98.2 Å². The van der Waals surface area contributed by atoms with Crippen LogP contribution in [0.5, 0.6) is 5.75 Å². The van der Waals surface area contributed by atoms with Gasteiger partial charge in [0, 0.05) is 60.2 Å². The molecule has 0 bridgehead atoms. The van der Waals surface area contributed by atoms with E-state index in [-0.39, 0.29) is 5.41 Å². The summed E-state index contributed by atoms with van der Waals surface area (Å²) in [6, 6.07) is 24.8. The lowest BCUT2D eigenvalue weighted by Crippen LogP contribution is -2.48. The predicted molar refractivity (Wildman–Crippen MR) is 165 cm³/mol. The third-order valence-electron chi connectivity index (χ3n) is 7.76. The van der Waals surface area contributed by atoms with E-state index >= 15 is 0 Å². The van der Waals surface area contributed by atoms with Crippen molar-refractivity contribution in [1.29, 1.82) is 0 Å². The normalized spacial score (nSPS) is 14.8. The number of nitrogens with zero attached hydrogens (tertiary/aromatic N) is 5. The van der Waals surface area contributed by atoms with Crippen molar-refractivity contribution in [2.75, 3.05) is 44.2 Å². The molecule has 1 aliphatic rings. The van der Waals surface area contributed by atoms with Crippen molar-refractivity contribution in [2.45, 2.75) is 33.1 Å². The minimum Gasteiger partial charge on any atom is -0.492 e. The van der Waals surface area contributed by atoms with Crippen LogP contribution in [0.4, 0.5) is 5.82 Å². The van der Waals surface area contributed by atoms with Gasteiger partial charge in [-0.2, -0.15) is 9.61 Å². The third kappa shape index (κ3) is 5.26. The second kappa shape index (κ2) is 10.8. The van der Waals surface area contributed by atoms with Gasteiger partial charge in [0.15, 0.2) is 5.65 Å². The van der Waals surface area contributed by atoms with Crippen LogP contribution in [-0.4, -0.2) is 58.8 Å². The second-order valence-electron chi connectivity index (χ2n) is 11.6. The van der Waals surface area contributed by atoms with E-state index in [1.165, 1.54) is 10.8 Å². The number of ether oxygens (including phenoxy) is 1. The fraction of sp³-hybridized carbons (Fsp3) is 0.333. The molecule has 40 heavy (non-hydrogen) atoms. The standard InChI is InChI=1S/C33H36ClN5O/c1-23-31(25-12-14-26(34)15-13-25)32-35-29(33(2,3)4)22-30(39(32)36-23)38-18-16-37(17-19-38)20-21-40-28-11-7-9-24-8-5-6-10-27(24)28/h5-15,22H,16-21H2,1-4H3. The molecule has 1 aliphatic heterocycles. The van der Waals surface area contributed by atoms with Crippen LogP contribution in [0.1, 0.15) is 32.2 Å². The second-order valence-corrected chi connectivity index (χ2v) is 12.0. The van der Waals surface area contributed by atoms with Crippen LogP contribution in [0.25, 0.3) is 27.5 Å². The zero-order valence-electron chi connectivity index (χ0n) is 23.7. The minimum absolute atomic E-state index is 0.0906. The Labute approximate surface area is 241 Å². The molecule has 6 rings (SSSR count). The Balaban J connectivity index is 1.20. The molecule has 3 heterocycles. The summed E-state index contributed by atoms with van der Waals surface area (Å²) in [6.07, 6.45) is 0. The Morgan fingerprint density at radius 3 is 2.38 bits per heavy atom. The number of hydrogen-bond acceptors (Lipinski definition) is 5. The number of rotatable bonds is 6. The Bertz CT molecular complexity index is 1640. The van der Waals surface area contributed by atoms with E-state index in [1.807, 2.05) is 16.6 Å². The summed E-state index contributed by atoms with van der Waals surface area (Å²) < 4.78 is 8.26. The number of piperazine rings is 1. The molecule has 7 heteroatoms. The molecule has 2 aromatic heterocycles. The topological polar surface area (TPSA) is 45.9 Å². The quantitative estimate of drug-likeness (QED) is 0.226. The summed E-state index contributed by atoms with van der Waals surface area (Å²) in [5, 5.41) is 8.08. The third-order valence-corrected chi connectivity index (χ3v) is 8.01. The van der Waals surface area contributed by atoms with Crippen LogP contribution in [0.2, 0.25) is 5.02 Å². The number of fused-ring (bicyclic) bond motifs is 2. The van der Waals surface area contributed by atoms with Gasteiger partial charge in [-0.3, -0.25) is 4.90 Å². The van der Waals surface area contributed by atoms with Gasteiger partial charge >= 0.3 is 0 Å². The highest BCUT2D eigenvalue weighted by Crippen LogP contribution is 2.34. The lowest BCUT2D eigenvalue weighted by atomic mass is 9.91. The molecule has 0 N–H and O–H groups in total. The molecule has 5 aromatic rings. The molecule has 0 aliphatic carbocycles. The molecule has 0 saturated carbocycles. The molecule has 0 spiro atoms. The van der Waals surface area contributed by atoms with Crippen LogP contribution >= 0.6 is 11.6 Å². The van der Waals surface area contributed by atoms with Gasteiger partial charge in [-0.15, -0.1) is 0 Å². The van der Waals surface area contributed by atoms with Gasteiger partial charge in [-0.25, -0.2) is 4.98 Å². The molecule has 0 amide bonds. The van der Waals surface area contributed by atoms with Crippen LogP contribution in [0.3, 0.4) is 0 Å². The predicted octanol–water partition coefficient (Wildman–Crippen LogP) is 7.01. The minimum atomic E-state index is -0.0906. The van der Waals surface area contributed by atoms with E-state index in [0.29, 0.717) is 6.61 Å². The Kier molecular flexibility index (Phi) is 7.15. The van der Waals surface area contributed by atoms with Crippen LogP contribution < -0.4 is 9.64 Å². The summed E-state index contributed by atoms with van der Waals surface area (Å²) >= 11 is 6.19. The van der Waals surface area contributed by atoms with Gasteiger partial charge in [0.1, 0.15) is 18.2 Å². The van der Waals surface area contributed by atoms with Gasteiger partial charge in [-0.05, 0) is 36.1 Å². The molecular formula is C33H36ClN5O. The molecule has 0 atom stereocenters. The molecule has 1 saturated heterocycles. The maximum Gasteiger partial charge on any atom is 0.165 e. The number of aromatic nitrogens is 3. The molecule has 206 valence electrons. The van der Waals surface area contributed by atoms with Gasteiger partial charge in [0.05, 0.1) is 11.4 Å². The van der Waals surface area contributed by atoms with Crippen LogP contribution in [-0.2, 0) is 5.41 Å². The number of aryl methyl sites for hydroxylation is 1. The summed E-state index contributed by atoms with van der Waals surface area (Å²) in [7, 11) is 0. The first kappa shape index (κ1) is 26.6. The fourth-order valence-electron chi connectivity index (χ4n) is 5.48. The average Bonchev–Trinajstić information content (AvgIpc) is 3.29. The molecule has 3 aromatic carbocycles. The van der Waals surface area contributed by atoms with Crippen LogP contribution in [0, 0.1) is 6.92 Å². The molecule has 6 nitrogen and oxygen atoms in total. The molecule has 0 radical (unpaired) electrons. The fourth-order valence-corrected chi connectivity index (χ4v) is 5.60. The number of halogens is 1. The van der Waals surface area contributed by atoms with Gasteiger partial charge in [0.25, 0.3) is 0 Å². The molecular weight excluding hydrogens is 518 g/mol. The highest BCUT2D eigenvalue weighted by molar-refractivity contribution is 6.30. The molecule has 1 fully saturated rings. The van der Waals surface area contributed by atoms with Gasteiger partial charge in [0.2, 0.25) is 0 Å². The highest BCUT2D eigenvalue weighted by Gasteiger charge is 2.26. The average molecular weight is 554 g/mol. The van der Waals surface area contributed by atoms with Gasteiger partial charge in [-0.1, -0.05) is 80.9 Å². The monoisotopic (exact) mass is 553 g/mol. The van der Waals surface area contributed by atoms with Crippen molar-refractivity contribution in [1.82, 2.24) is 19.5 Å². The number of hydrogen-bond donors (Lipinski definition) is 0. The van der Waals surface area contributed by atoms with Gasteiger partial charge < -0.3 is 9.64 Å². The first-order valence-corrected chi connectivity index (χ1v) is 14.4. The zero-order chi connectivity index (χ0) is 27.9. The lowest BCUT2D eigenvalue weighted by Gasteiger charge is -2.36. The summed E-state index contributed by atoms with van der Waals surface area (Å²) in [4.78, 5) is 10.1. The SMILES string of the molecule is Cc1nn2c(N3CCN(CCOc4cccc5ccccc45)CC3)cc(C(C)(C)C)nc2c1-c1ccc(Cl)cc1. The summed E-state index contributed by atoms with van der Waals surface area (Å²) in [5.74, 6) is 2.06. The van der Waals surface area contributed by atoms with Crippen molar-refractivity contribution >= 4 is 33.8 Å². The maximum atomic E-state index is 6.22. The number of benzene rings is 3. The summed E-state index contributed by atoms with van der Waals surface area (Å²) in [5.41, 5.74) is 4.98. The smallest absolute Gasteiger partial charge is 0.165 e. The van der Waals surface area contributed by atoms with Crippen molar-refractivity contribution in [3.05, 3.63) is 89.2 Å².